The second-order valence-corrected chi connectivity index (χ2v) is 12.3. The molecule has 0 spiro atoms. The lowest BCUT2D eigenvalue weighted by atomic mass is 10.0. The number of aliphatic hydroxyl groups is 1. The zero-order valence-electron chi connectivity index (χ0n) is 32.0. The minimum Gasteiger partial charge on any atom is -0.465 e. The molecular formula is C41H61N3O8. The largest absolute Gasteiger partial charge is 0.465 e. The van der Waals surface area contributed by atoms with Crippen molar-refractivity contribution in [3.63, 3.8) is 0 Å². The number of benzene rings is 3. The number of aliphatic hydroxyl groups excluding tert-OH is 1. The molecule has 11 heteroatoms. The summed E-state index contributed by atoms with van der Waals surface area (Å²) in [6.07, 6.45) is 5.78. The molecule has 288 valence electrons. The van der Waals surface area contributed by atoms with Crippen LogP contribution in [-0.2, 0) is 47.7 Å². The highest BCUT2D eigenvalue weighted by Gasteiger charge is 2.23. The first-order valence-corrected chi connectivity index (χ1v) is 18.1. The summed E-state index contributed by atoms with van der Waals surface area (Å²) in [6, 6.07) is 24.3. The van der Waals surface area contributed by atoms with E-state index in [9.17, 15) is 9.59 Å². The maximum atomic E-state index is 11.8. The van der Waals surface area contributed by atoms with Crippen LogP contribution in [0, 0.1) is 0 Å². The lowest BCUT2D eigenvalue weighted by molar-refractivity contribution is -0.145. The summed E-state index contributed by atoms with van der Waals surface area (Å²) in [4.78, 5) is 22.7. The molecule has 3 aromatic rings. The van der Waals surface area contributed by atoms with Crippen LogP contribution in [0.5, 0.6) is 0 Å². The molecule has 3 atom stereocenters. The van der Waals surface area contributed by atoms with Crippen molar-refractivity contribution in [1.82, 2.24) is 16.0 Å². The highest BCUT2D eigenvalue weighted by molar-refractivity contribution is 5.77. The quantitative estimate of drug-likeness (QED) is 0.0855. The van der Waals surface area contributed by atoms with Crippen molar-refractivity contribution in [2.24, 2.45) is 0 Å². The maximum absolute atomic E-state index is 11.8. The minimum absolute atomic E-state index is 0.00414. The Balaban J connectivity index is 0.000000271. The third kappa shape index (κ3) is 16.7. The smallest absolute Gasteiger partial charge is 0.407 e. The number of nitrogens with one attached hydrogen (secondary N) is 3. The summed E-state index contributed by atoms with van der Waals surface area (Å²) >= 11 is 0. The fourth-order valence-corrected chi connectivity index (χ4v) is 5.55. The molecule has 11 nitrogen and oxygen atoms in total. The molecule has 1 fully saturated rings. The van der Waals surface area contributed by atoms with Crippen molar-refractivity contribution in [3.8, 4) is 0 Å². The van der Waals surface area contributed by atoms with Gasteiger partial charge in [0.2, 0.25) is 0 Å². The van der Waals surface area contributed by atoms with Gasteiger partial charge in [-0.15, -0.1) is 0 Å². The van der Waals surface area contributed by atoms with Crippen molar-refractivity contribution < 1.29 is 38.4 Å². The van der Waals surface area contributed by atoms with Gasteiger partial charge in [0.25, 0.3) is 0 Å². The Morgan fingerprint density at radius 1 is 0.769 bits per heavy atom. The van der Waals surface area contributed by atoms with Gasteiger partial charge in [0.15, 0.2) is 0 Å². The Morgan fingerprint density at radius 3 is 1.60 bits per heavy atom. The molecular weight excluding hydrogens is 662 g/mol. The van der Waals surface area contributed by atoms with Crippen LogP contribution >= 0.6 is 0 Å². The molecule has 1 saturated heterocycles. The predicted molar refractivity (Wildman–Crippen MR) is 204 cm³/mol. The van der Waals surface area contributed by atoms with Gasteiger partial charge in [0.05, 0.1) is 25.3 Å². The van der Waals surface area contributed by atoms with Crippen molar-refractivity contribution in [2.45, 2.75) is 63.6 Å². The summed E-state index contributed by atoms with van der Waals surface area (Å²) in [6.45, 7) is 5.10. The van der Waals surface area contributed by atoms with E-state index in [-0.39, 0.29) is 30.8 Å². The molecule has 3 unspecified atom stereocenters. The normalized spacial score (nSPS) is 14.5. The van der Waals surface area contributed by atoms with E-state index in [0.717, 1.165) is 75.0 Å². The number of cyclic esters (lactones) is 1. The van der Waals surface area contributed by atoms with Crippen LogP contribution in [0.3, 0.4) is 0 Å². The molecule has 1 heterocycles. The standard InChI is InChI=1S/C15H23NO3.C13H17NO3.C13H21NO2/c1-4-19-15(17)14(16-2)13-9-7-12(8-10-13)6-5-11-18-3;1-16-8-2-3-10-4-6-11(7-5-10)12-9-17-13(15)14-12;1-14-13(10-15)12-7-5-11(6-8-12)4-3-9-16-2/h7-10,14,16H,4-6,11H2,1-3H3;4-7,12H,2-3,8-9H2,1H3,(H,14,15);5-8,13-15H,3-4,9-10H2,1-2H3. The molecule has 0 aromatic heterocycles. The highest BCUT2D eigenvalue weighted by Crippen LogP contribution is 2.19. The summed E-state index contributed by atoms with van der Waals surface area (Å²) < 4.78 is 25.0. The lowest BCUT2D eigenvalue weighted by Crippen LogP contribution is -2.27. The number of amides is 1. The topological polar surface area (TPSA) is 137 Å². The molecule has 0 radical (unpaired) electrons. The van der Waals surface area contributed by atoms with Gasteiger partial charge < -0.3 is 44.7 Å². The number of carbonyl (C=O) groups excluding carboxylic acids is 2. The molecule has 0 aliphatic carbocycles. The predicted octanol–water partition coefficient (Wildman–Crippen LogP) is 5.65. The molecule has 4 rings (SSSR count). The second-order valence-electron chi connectivity index (χ2n) is 12.3. The number of hydrogen-bond donors (Lipinski definition) is 4. The van der Waals surface area contributed by atoms with Crippen molar-refractivity contribution in [1.29, 1.82) is 0 Å². The monoisotopic (exact) mass is 723 g/mol. The SMILES string of the molecule is CCOC(=O)C(NC)c1ccc(CCCOC)cc1.CNC(CO)c1ccc(CCCOC)cc1.COCCCc1ccc(C2COC(=O)N2)cc1. The van der Waals surface area contributed by atoms with Gasteiger partial charge in [-0.2, -0.15) is 0 Å². The Labute approximate surface area is 310 Å². The second kappa shape index (κ2) is 26.9. The number of esters is 1. The van der Waals surface area contributed by atoms with Crippen molar-refractivity contribution in [2.75, 3.05) is 75.1 Å². The van der Waals surface area contributed by atoms with Crippen LogP contribution in [0.4, 0.5) is 4.79 Å². The number of rotatable bonds is 20. The van der Waals surface area contributed by atoms with E-state index in [2.05, 4.69) is 64.5 Å². The number of alkyl carbamates (subject to hydrolysis) is 1. The molecule has 52 heavy (non-hydrogen) atoms. The average Bonchev–Trinajstić information content (AvgIpc) is 3.61. The first kappa shape index (κ1) is 44.3. The number of methoxy groups -OCH3 is 3. The van der Waals surface area contributed by atoms with Crippen LogP contribution in [0.1, 0.15) is 77.7 Å². The minimum atomic E-state index is -0.395. The van der Waals surface area contributed by atoms with E-state index in [1.165, 1.54) is 16.7 Å². The summed E-state index contributed by atoms with van der Waals surface area (Å²) in [5, 5.41) is 18.0. The summed E-state index contributed by atoms with van der Waals surface area (Å²) in [5.74, 6) is -0.239. The molecule has 0 bridgehead atoms. The van der Waals surface area contributed by atoms with Gasteiger partial charge in [0, 0.05) is 41.2 Å². The van der Waals surface area contributed by atoms with E-state index in [0.29, 0.717) is 13.2 Å². The zero-order chi connectivity index (χ0) is 38.0. The summed E-state index contributed by atoms with van der Waals surface area (Å²) in [7, 11) is 8.76. The van der Waals surface area contributed by atoms with E-state index in [1.807, 2.05) is 38.2 Å². The van der Waals surface area contributed by atoms with E-state index >= 15 is 0 Å². The zero-order valence-corrected chi connectivity index (χ0v) is 32.0. The van der Waals surface area contributed by atoms with Gasteiger partial charge in [-0.3, -0.25) is 0 Å². The number of aryl methyl sites for hydroxylation is 3. The highest BCUT2D eigenvalue weighted by atomic mass is 16.6. The number of ether oxygens (including phenoxy) is 5. The van der Waals surface area contributed by atoms with Crippen LogP contribution in [-0.4, -0.2) is 92.2 Å². The molecule has 1 amide bonds. The lowest BCUT2D eigenvalue weighted by Gasteiger charge is -2.15. The van der Waals surface area contributed by atoms with Crippen LogP contribution < -0.4 is 16.0 Å². The molecule has 4 N–H and O–H groups in total. The van der Waals surface area contributed by atoms with Gasteiger partial charge in [0.1, 0.15) is 12.6 Å². The molecule has 1 aliphatic rings. The molecule has 0 saturated carbocycles. The van der Waals surface area contributed by atoms with E-state index in [4.69, 9.17) is 28.8 Å². The fourth-order valence-electron chi connectivity index (χ4n) is 5.55. The average molecular weight is 724 g/mol. The van der Waals surface area contributed by atoms with Gasteiger partial charge in [-0.25, -0.2) is 9.59 Å². The van der Waals surface area contributed by atoms with Gasteiger partial charge in [-0.1, -0.05) is 72.8 Å². The number of hydrogen-bond acceptors (Lipinski definition) is 10. The number of carbonyl (C=O) groups is 2. The fraction of sp³-hybridized carbons (Fsp3) is 0.512. The molecule has 1 aliphatic heterocycles. The Hall–Kier alpha value is -3.84. The maximum Gasteiger partial charge on any atom is 0.407 e. The van der Waals surface area contributed by atoms with Crippen LogP contribution in [0.2, 0.25) is 0 Å². The van der Waals surface area contributed by atoms with Crippen LogP contribution in [0.15, 0.2) is 72.8 Å². The third-order valence-corrected chi connectivity index (χ3v) is 8.53. The third-order valence-electron chi connectivity index (χ3n) is 8.53. The first-order chi connectivity index (χ1) is 25.3. The van der Waals surface area contributed by atoms with E-state index in [1.54, 1.807) is 28.4 Å². The van der Waals surface area contributed by atoms with E-state index < -0.39 is 6.04 Å². The van der Waals surface area contributed by atoms with Crippen LogP contribution in [0.25, 0.3) is 0 Å². The Kier molecular flexibility index (Phi) is 22.9. The molecule has 3 aromatic carbocycles. The number of likely N-dealkylation sites (N-methyl/N-ethyl adjacent to an activating group) is 2. The van der Waals surface area contributed by atoms with Gasteiger partial charge in [-0.05, 0) is 92.9 Å². The first-order valence-electron chi connectivity index (χ1n) is 18.1. The van der Waals surface area contributed by atoms with Crippen molar-refractivity contribution >= 4 is 12.1 Å². The summed E-state index contributed by atoms with van der Waals surface area (Å²) in [5.41, 5.74) is 6.99. The Bertz CT molecular complexity index is 1370. The van der Waals surface area contributed by atoms with Gasteiger partial charge >= 0.3 is 12.1 Å². The Morgan fingerprint density at radius 2 is 1.23 bits per heavy atom. The van der Waals surface area contributed by atoms with Crippen molar-refractivity contribution in [3.05, 3.63) is 106 Å².